The van der Waals surface area contributed by atoms with Crippen molar-refractivity contribution in [2.75, 3.05) is 14.1 Å². The SMILES string of the molecule is CN(C)Cc1ccc([B-](F)(F)F)cc1F. The molecule has 15 heavy (non-hydrogen) atoms. The van der Waals surface area contributed by atoms with Gasteiger partial charge in [-0.1, -0.05) is 18.2 Å². The van der Waals surface area contributed by atoms with Gasteiger partial charge in [0.05, 0.1) is 0 Å². The molecule has 0 aliphatic carbocycles. The van der Waals surface area contributed by atoms with Crippen molar-refractivity contribution in [2.24, 2.45) is 0 Å². The van der Waals surface area contributed by atoms with Gasteiger partial charge in [0.2, 0.25) is 0 Å². The van der Waals surface area contributed by atoms with Crippen LogP contribution in [0.25, 0.3) is 0 Å². The van der Waals surface area contributed by atoms with Crippen molar-refractivity contribution >= 4 is 12.4 Å². The molecule has 0 spiro atoms. The zero-order valence-electron chi connectivity index (χ0n) is 8.48. The van der Waals surface area contributed by atoms with Gasteiger partial charge in [0, 0.05) is 12.1 Å². The summed E-state index contributed by atoms with van der Waals surface area (Å²) in [5, 5.41) is 0. The lowest BCUT2D eigenvalue weighted by molar-refractivity contribution is 0.392. The van der Waals surface area contributed by atoms with E-state index in [2.05, 4.69) is 0 Å². The third kappa shape index (κ3) is 3.23. The van der Waals surface area contributed by atoms with Crippen LogP contribution in [0, 0.1) is 5.82 Å². The summed E-state index contributed by atoms with van der Waals surface area (Å²) in [7, 11) is 3.45. The van der Waals surface area contributed by atoms with Crippen LogP contribution in [-0.4, -0.2) is 26.0 Å². The van der Waals surface area contributed by atoms with Gasteiger partial charge in [-0.25, -0.2) is 4.39 Å². The van der Waals surface area contributed by atoms with Gasteiger partial charge in [-0.15, -0.1) is 5.46 Å². The summed E-state index contributed by atoms with van der Waals surface area (Å²) in [5.74, 6) is -0.805. The highest BCUT2D eigenvalue weighted by atomic mass is 19.4. The third-order valence-electron chi connectivity index (χ3n) is 1.94. The summed E-state index contributed by atoms with van der Waals surface area (Å²) in [6, 6.07) is 2.65. The molecule has 1 rings (SSSR count). The maximum Gasteiger partial charge on any atom is 0.509 e. The molecule has 1 nitrogen and oxygen atoms in total. The lowest BCUT2D eigenvalue weighted by atomic mass is 9.80. The minimum absolute atomic E-state index is 0.267. The molecule has 0 aromatic heterocycles. The van der Waals surface area contributed by atoms with Gasteiger partial charge in [-0.3, -0.25) is 0 Å². The molecule has 6 heteroatoms. The standard InChI is InChI=1S/C9H11BF4N/c1-15(2)6-7-3-4-8(5-9(7)11)10(12,13)14/h3-5H,6H2,1-2H3/q-1. The van der Waals surface area contributed by atoms with Gasteiger partial charge in [0.25, 0.3) is 0 Å². The second kappa shape index (κ2) is 4.22. The van der Waals surface area contributed by atoms with E-state index >= 15 is 0 Å². The summed E-state index contributed by atoms with van der Waals surface area (Å²) in [4.78, 5) is 1.69. The Morgan fingerprint density at radius 2 is 1.80 bits per heavy atom. The quantitative estimate of drug-likeness (QED) is 0.555. The van der Waals surface area contributed by atoms with Gasteiger partial charge in [0.15, 0.2) is 0 Å². The van der Waals surface area contributed by atoms with Crippen molar-refractivity contribution in [3.63, 3.8) is 0 Å². The minimum atomic E-state index is -5.12. The largest absolute Gasteiger partial charge is 0.509 e. The zero-order valence-corrected chi connectivity index (χ0v) is 8.48. The predicted octanol–water partition coefficient (Wildman–Crippen LogP) is 1.94. The number of benzene rings is 1. The zero-order chi connectivity index (χ0) is 11.6. The van der Waals surface area contributed by atoms with Gasteiger partial charge < -0.3 is 17.8 Å². The molecule has 0 atom stereocenters. The van der Waals surface area contributed by atoms with Gasteiger partial charge in [-0.05, 0) is 14.1 Å². The summed E-state index contributed by atoms with van der Waals surface area (Å²) < 4.78 is 50.0. The first-order valence-corrected chi connectivity index (χ1v) is 4.43. The highest BCUT2D eigenvalue weighted by Gasteiger charge is 2.26. The molecule has 0 saturated carbocycles. The number of halogens is 4. The van der Waals surface area contributed by atoms with E-state index in [1.807, 2.05) is 0 Å². The fourth-order valence-electron chi connectivity index (χ4n) is 1.24. The van der Waals surface area contributed by atoms with Gasteiger partial charge >= 0.3 is 6.98 Å². The van der Waals surface area contributed by atoms with Crippen LogP contribution < -0.4 is 5.46 Å². The molecule has 0 fully saturated rings. The summed E-state index contributed by atoms with van der Waals surface area (Å²) >= 11 is 0. The first-order chi connectivity index (χ1) is 6.80. The van der Waals surface area contributed by atoms with Crippen LogP contribution in [0.4, 0.5) is 17.3 Å². The predicted molar refractivity (Wildman–Crippen MR) is 52.5 cm³/mol. The average molecular weight is 220 g/mol. The molecular weight excluding hydrogens is 209 g/mol. The van der Waals surface area contributed by atoms with Gasteiger partial charge in [-0.2, -0.15) is 0 Å². The van der Waals surface area contributed by atoms with Crippen LogP contribution >= 0.6 is 0 Å². The normalized spacial score (nSPS) is 12.2. The van der Waals surface area contributed by atoms with E-state index in [-0.39, 0.29) is 12.1 Å². The fraction of sp³-hybridized carbons (Fsp3) is 0.333. The Labute approximate surface area is 85.8 Å². The number of nitrogens with zero attached hydrogens (tertiary/aromatic N) is 1. The first kappa shape index (κ1) is 12.0. The molecule has 84 valence electrons. The topological polar surface area (TPSA) is 3.24 Å². The van der Waals surface area contributed by atoms with Crippen molar-refractivity contribution in [3.05, 3.63) is 29.6 Å². The second-order valence-electron chi connectivity index (χ2n) is 3.66. The van der Waals surface area contributed by atoms with E-state index in [0.717, 1.165) is 6.07 Å². The Morgan fingerprint density at radius 3 is 2.20 bits per heavy atom. The highest BCUT2D eigenvalue weighted by molar-refractivity contribution is 6.73. The van der Waals surface area contributed by atoms with E-state index in [0.29, 0.717) is 6.07 Å². The summed E-state index contributed by atoms with van der Waals surface area (Å²) in [6.07, 6.45) is 0. The molecule has 0 unspecified atom stereocenters. The first-order valence-electron chi connectivity index (χ1n) is 4.43. The molecule has 0 bridgehead atoms. The van der Waals surface area contributed by atoms with Crippen molar-refractivity contribution in [2.45, 2.75) is 6.54 Å². The number of hydrogen-bond acceptors (Lipinski definition) is 1. The fourth-order valence-corrected chi connectivity index (χ4v) is 1.24. The summed E-state index contributed by atoms with van der Waals surface area (Å²) in [6.45, 7) is -4.83. The molecule has 0 amide bonds. The van der Waals surface area contributed by atoms with E-state index in [1.54, 1.807) is 19.0 Å². The van der Waals surface area contributed by atoms with Crippen molar-refractivity contribution in [3.8, 4) is 0 Å². The Balaban J connectivity index is 2.98. The Kier molecular flexibility index (Phi) is 3.39. The second-order valence-corrected chi connectivity index (χ2v) is 3.66. The van der Waals surface area contributed by atoms with Crippen LogP contribution in [0.1, 0.15) is 5.56 Å². The molecule has 1 aromatic carbocycles. The van der Waals surface area contributed by atoms with Crippen molar-refractivity contribution in [1.82, 2.24) is 4.90 Å². The van der Waals surface area contributed by atoms with Crippen molar-refractivity contribution in [1.29, 1.82) is 0 Å². The molecular formula is C9H11BF4N-. The van der Waals surface area contributed by atoms with Crippen LogP contribution in [0.2, 0.25) is 0 Å². The highest BCUT2D eigenvalue weighted by Crippen LogP contribution is 2.13. The van der Waals surface area contributed by atoms with E-state index < -0.39 is 18.3 Å². The van der Waals surface area contributed by atoms with E-state index in [4.69, 9.17) is 0 Å². The summed E-state index contributed by atoms with van der Waals surface area (Å²) in [5.41, 5.74) is -0.626. The number of rotatable bonds is 3. The molecule has 0 aliphatic rings. The van der Waals surface area contributed by atoms with Crippen LogP contribution in [0.3, 0.4) is 0 Å². The third-order valence-corrected chi connectivity index (χ3v) is 1.94. The molecule has 0 aliphatic heterocycles. The maximum atomic E-state index is 13.2. The molecule has 0 heterocycles. The van der Waals surface area contributed by atoms with Gasteiger partial charge in [0.1, 0.15) is 5.82 Å². The Morgan fingerprint density at radius 1 is 1.20 bits per heavy atom. The number of hydrogen-bond donors (Lipinski definition) is 0. The molecule has 0 N–H and O–H groups in total. The smallest absolute Gasteiger partial charge is 0.445 e. The Hall–Kier alpha value is -1.04. The molecule has 0 radical (unpaired) electrons. The van der Waals surface area contributed by atoms with E-state index in [9.17, 15) is 17.3 Å². The Bertz CT molecular complexity index is 348. The minimum Gasteiger partial charge on any atom is -0.445 e. The van der Waals surface area contributed by atoms with Crippen LogP contribution in [0.15, 0.2) is 18.2 Å². The molecule has 1 aromatic rings. The lowest BCUT2D eigenvalue weighted by Crippen LogP contribution is -2.34. The van der Waals surface area contributed by atoms with E-state index in [1.165, 1.54) is 6.07 Å². The monoisotopic (exact) mass is 220 g/mol. The maximum absolute atomic E-state index is 13.2. The average Bonchev–Trinajstić information content (AvgIpc) is 2.05. The molecule has 0 saturated heterocycles. The van der Waals surface area contributed by atoms with Crippen LogP contribution in [-0.2, 0) is 6.54 Å². The van der Waals surface area contributed by atoms with Crippen LogP contribution in [0.5, 0.6) is 0 Å². The lowest BCUT2D eigenvalue weighted by Gasteiger charge is -2.17. The van der Waals surface area contributed by atoms with Crippen molar-refractivity contribution < 1.29 is 17.3 Å².